The van der Waals surface area contributed by atoms with Crippen molar-refractivity contribution in [1.82, 2.24) is 0 Å². The molecule has 0 amide bonds. The molecule has 1 atom stereocenters. The summed E-state index contributed by atoms with van der Waals surface area (Å²) >= 11 is 0. The van der Waals surface area contributed by atoms with Gasteiger partial charge >= 0.3 is 0 Å². The molecule has 0 saturated heterocycles. The van der Waals surface area contributed by atoms with Gasteiger partial charge in [0.25, 0.3) is 0 Å². The molecule has 6 bridgehead atoms. The minimum atomic E-state index is -0.450. The first-order valence-corrected chi connectivity index (χ1v) is 28.6. The van der Waals surface area contributed by atoms with Gasteiger partial charge < -0.3 is 9.80 Å². The van der Waals surface area contributed by atoms with Gasteiger partial charge in [-0.05, 0) is 261 Å². The van der Waals surface area contributed by atoms with E-state index in [0.29, 0.717) is 0 Å². The molecule has 7 aliphatic rings. The predicted octanol–water partition coefficient (Wildman–Crippen LogP) is 19.3. The SMILES string of the molecule is Cc1cc2c(C)c(c1)N(c1ccc3c(c1)C1(C4=C(CCCC4)c4ccccc41)c1ccccc1-3)c1cc(C)c3c(c1C)N(c1cc4c(cc1C3)-c1ccccc1C41c3ccccc3-c3ccccc31)c1cc(C)cc(c1C)C2. The van der Waals surface area contributed by atoms with Crippen LogP contribution in [0.25, 0.3) is 39.0 Å². The van der Waals surface area contributed by atoms with Crippen LogP contribution in [-0.2, 0) is 23.7 Å². The highest BCUT2D eigenvalue weighted by Crippen LogP contribution is 2.67. The zero-order valence-corrected chi connectivity index (χ0v) is 45.5. The Morgan fingerprint density at radius 3 is 1.45 bits per heavy atom. The zero-order valence-electron chi connectivity index (χ0n) is 45.5. The van der Waals surface area contributed by atoms with E-state index in [1.165, 1.54) is 180 Å². The second-order valence-corrected chi connectivity index (χ2v) is 24.0. The summed E-state index contributed by atoms with van der Waals surface area (Å²) in [5.74, 6) is 0. The van der Waals surface area contributed by atoms with E-state index in [2.05, 4.69) is 233 Å². The molecule has 0 fully saturated rings. The quantitative estimate of drug-likeness (QED) is 0.162. The van der Waals surface area contributed by atoms with Crippen LogP contribution in [0, 0.1) is 41.5 Å². The Kier molecular flexibility index (Phi) is 8.93. The number of aryl methyl sites for hydroxylation is 3. The lowest BCUT2D eigenvalue weighted by Crippen LogP contribution is -2.28. The maximum atomic E-state index is 2.74. The second-order valence-electron chi connectivity index (χ2n) is 24.0. The van der Waals surface area contributed by atoms with Crippen molar-refractivity contribution >= 4 is 39.7 Å². The summed E-state index contributed by atoms with van der Waals surface area (Å²) in [4.78, 5) is 5.42. The molecule has 2 heteroatoms. The lowest BCUT2D eigenvalue weighted by Gasteiger charge is -2.41. The minimum Gasteiger partial charge on any atom is -0.310 e. The largest absolute Gasteiger partial charge is 0.310 e. The lowest BCUT2D eigenvalue weighted by atomic mass is 9.67. The molecule has 0 N–H and O–H groups in total. The number of benzene rings is 10. The third kappa shape index (κ3) is 5.44. The van der Waals surface area contributed by atoms with Gasteiger partial charge in [-0.1, -0.05) is 140 Å². The van der Waals surface area contributed by atoms with Crippen molar-refractivity contribution in [1.29, 1.82) is 0 Å². The van der Waals surface area contributed by atoms with Gasteiger partial charge in [0.1, 0.15) is 0 Å². The molecular formula is C76H60N2. The Balaban J connectivity index is 0.951. The second kappa shape index (κ2) is 15.6. The normalized spacial score (nSPS) is 17.6. The van der Waals surface area contributed by atoms with Crippen LogP contribution in [-0.4, -0.2) is 0 Å². The molecular weight excluding hydrogens is 941 g/mol. The van der Waals surface area contributed by atoms with Crippen LogP contribution in [0.3, 0.4) is 0 Å². The third-order valence-corrected chi connectivity index (χ3v) is 20.1. The fourth-order valence-electron chi connectivity index (χ4n) is 16.9. The van der Waals surface area contributed by atoms with Crippen LogP contribution in [0.5, 0.6) is 0 Å². The van der Waals surface area contributed by atoms with E-state index >= 15 is 0 Å². The average molecular weight is 1000 g/mol. The Labute approximate surface area is 459 Å². The Morgan fingerprint density at radius 1 is 0.346 bits per heavy atom. The molecule has 17 rings (SSSR count). The van der Waals surface area contributed by atoms with Gasteiger partial charge in [0.15, 0.2) is 0 Å². The topological polar surface area (TPSA) is 6.48 Å². The van der Waals surface area contributed by atoms with E-state index in [1.54, 1.807) is 11.1 Å². The van der Waals surface area contributed by atoms with E-state index in [4.69, 9.17) is 0 Å². The summed E-state index contributed by atoms with van der Waals surface area (Å²) in [5.41, 5.74) is 42.9. The van der Waals surface area contributed by atoms with Gasteiger partial charge in [0.05, 0.1) is 27.9 Å². The fourth-order valence-corrected chi connectivity index (χ4v) is 16.9. The Morgan fingerprint density at radius 2 is 0.833 bits per heavy atom. The fraction of sp³-hybridized carbons (Fsp3) is 0.184. The highest BCUT2D eigenvalue weighted by Gasteiger charge is 2.54. The molecule has 0 saturated carbocycles. The first-order chi connectivity index (χ1) is 38.2. The Bertz CT molecular complexity index is 4380. The number of rotatable bonds is 1. The molecule has 0 aromatic heterocycles. The number of hydrogen-bond acceptors (Lipinski definition) is 2. The minimum absolute atomic E-state index is 0.329. The van der Waals surface area contributed by atoms with Crippen molar-refractivity contribution in [2.75, 3.05) is 9.80 Å². The number of fused-ring (bicyclic) bond motifs is 27. The highest BCUT2D eigenvalue weighted by atomic mass is 15.2. The van der Waals surface area contributed by atoms with Gasteiger partial charge in [-0.3, -0.25) is 0 Å². The molecule has 374 valence electrons. The summed E-state index contributed by atoms with van der Waals surface area (Å²) in [7, 11) is 0. The molecule has 1 unspecified atom stereocenters. The van der Waals surface area contributed by atoms with E-state index in [9.17, 15) is 0 Å². The monoisotopic (exact) mass is 1000 g/mol. The van der Waals surface area contributed by atoms with Crippen molar-refractivity contribution in [2.45, 2.75) is 90.9 Å². The van der Waals surface area contributed by atoms with Gasteiger partial charge in [-0.15, -0.1) is 0 Å². The maximum Gasteiger partial charge on any atom is 0.0726 e. The molecule has 2 nitrogen and oxygen atoms in total. The van der Waals surface area contributed by atoms with Gasteiger partial charge in [-0.2, -0.15) is 0 Å². The first kappa shape index (κ1) is 44.6. The molecule has 5 aliphatic carbocycles. The van der Waals surface area contributed by atoms with Crippen molar-refractivity contribution < 1.29 is 0 Å². The molecule has 10 aromatic rings. The van der Waals surface area contributed by atoms with Crippen molar-refractivity contribution in [3.05, 3.63) is 288 Å². The van der Waals surface area contributed by atoms with Crippen molar-refractivity contribution in [3.8, 4) is 33.4 Å². The summed E-state index contributed by atoms with van der Waals surface area (Å²) in [6.07, 6.45) is 6.46. The molecule has 0 radical (unpaired) electrons. The van der Waals surface area contributed by atoms with Crippen LogP contribution in [0.2, 0.25) is 0 Å². The molecule has 2 aliphatic heterocycles. The van der Waals surface area contributed by atoms with Crippen LogP contribution >= 0.6 is 0 Å². The lowest BCUT2D eigenvalue weighted by molar-refractivity contribution is 0.642. The van der Waals surface area contributed by atoms with Crippen LogP contribution in [0.1, 0.15) is 126 Å². The van der Waals surface area contributed by atoms with Crippen LogP contribution in [0.15, 0.2) is 188 Å². The van der Waals surface area contributed by atoms with E-state index in [-0.39, 0.29) is 5.41 Å². The number of allylic oxidation sites excluding steroid dienone is 2. The summed E-state index contributed by atoms with van der Waals surface area (Å²) in [6.45, 7) is 14.2. The average Bonchev–Trinajstić information content (AvgIpc) is 3.62. The van der Waals surface area contributed by atoms with Gasteiger partial charge in [-0.25, -0.2) is 0 Å². The van der Waals surface area contributed by atoms with Crippen molar-refractivity contribution in [2.24, 2.45) is 0 Å². The highest BCUT2D eigenvalue weighted by molar-refractivity contribution is 6.01. The van der Waals surface area contributed by atoms with Crippen LogP contribution in [0.4, 0.5) is 34.1 Å². The first-order valence-electron chi connectivity index (χ1n) is 28.6. The molecule has 78 heavy (non-hydrogen) atoms. The van der Waals surface area contributed by atoms with Gasteiger partial charge in [0.2, 0.25) is 0 Å². The maximum absolute atomic E-state index is 2.74. The van der Waals surface area contributed by atoms with E-state index in [1.807, 2.05) is 0 Å². The van der Waals surface area contributed by atoms with E-state index in [0.717, 1.165) is 25.7 Å². The van der Waals surface area contributed by atoms with Crippen molar-refractivity contribution in [3.63, 3.8) is 0 Å². The van der Waals surface area contributed by atoms with E-state index < -0.39 is 5.41 Å². The summed E-state index contributed by atoms with van der Waals surface area (Å²) in [6, 6.07) is 71.8. The standard InChI is InChI=1S/C76H60N2/c1-43-33-49-38-50-34-44(2)36-71(47(50)5)78-73-42-69-61(58-24-12-18-30-67(58)76(69)64-27-15-9-21-55(64)56-22-10-16-28-65(56)76)40-51(73)39-60-45(3)37-72(48(6)74(60)78)77(70(35-43)46(49)4)52-31-32-59-57-23-11-17-29-66(57)75(68(59)41-52)62-25-13-7-19-53(62)54-20-8-14-26-63(54)75/h7,9-13,15-19,21-25,27-37,40-42H,8,14,20,26,38-39H2,1-6H3. The third-order valence-electron chi connectivity index (χ3n) is 20.1. The smallest absolute Gasteiger partial charge is 0.0726 e. The zero-order chi connectivity index (χ0) is 52.1. The molecule has 2 spiro atoms. The predicted molar refractivity (Wildman–Crippen MR) is 323 cm³/mol. The number of hydrogen-bond donors (Lipinski definition) is 0. The number of anilines is 6. The van der Waals surface area contributed by atoms with Crippen LogP contribution < -0.4 is 9.80 Å². The Hall–Kier alpha value is -8.46. The van der Waals surface area contributed by atoms with Gasteiger partial charge in [0, 0.05) is 23.5 Å². The molecule has 2 heterocycles. The summed E-state index contributed by atoms with van der Waals surface area (Å²) in [5, 5.41) is 0. The number of nitrogens with zero attached hydrogens (tertiary/aromatic N) is 2. The molecule has 10 aromatic carbocycles. The summed E-state index contributed by atoms with van der Waals surface area (Å²) < 4.78 is 0.